The number of urea groups is 1. The number of hydrogen-bond acceptors (Lipinski definition) is 4. The summed E-state index contributed by atoms with van der Waals surface area (Å²) in [4.78, 5) is 25.0. The fourth-order valence-corrected chi connectivity index (χ4v) is 1.68. The van der Waals surface area contributed by atoms with Crippen molar-refractivity contribution in [3.05, 3.63) is 29.8 Å². The second-order valence-electron chi connectivity index (χ2n) is 4.27. The smallest absolute Gasteiger partial charge is 0.321 e. The molecule has 0 saturated heterocycles. The van der Waals surface area contributed by atoms with Crippen LogP contribution in [0, 0.1) is 0 Å². The van der Waals surface area contributed by atoms with E-state index in [1.165, 1.54) is 7.05 Å². The first-order valence-corrected chi connectivity index (χ1v) is 6.43. The van der Waals surface area contributed by atoms with Gasteiger partial charge in [0.1, 0.15) is 11.0 Å². The van der Waals surface area contributed by atoms with Crippen LogP contribution in [0.4, 0.5) is 10.5 Å². The number of benzene rings is 1. The number of anilines is 1. The summed E-state index contributed by atoms with van der Waals surface area (Å²) in [5.41, 5.74) is 7.10. The normalized spacial score (nSPS) is 11.3. The first-order valence-electron chi connectivity index (χ1n) is 6.02. The summed E-state index contributed by atoms with van der Waals surface area (Å²) < 4.78 is 0. The van der Waals surface area contributed by atoms with Gasteiger partial charge in [0.05, 0.1) is 0 Å². The van der Waals surface area contributed by atoms with Crippen molar-refractivity contribution < 1.29 is 9.59 Å². The van der Waals surface area contributed by atoms with Crippen LogP contribution in [0.2, 0.25) is 0 Å². The lowest BCUT2D eigenvalue weighted by atomic mass is 10.1. The highest BCUT2D eigenvalue weighted by Crippen LogP contribution is 2.17. The van der Waals surface area contributed by atoms with E-state index in [0.29, 0.717) is 4.99 Å². The molecule has 6 nitrogen and oxygen atoms in total. The van der Waals surface area contributed by atoms with Crippen molar-refractivity contribution in [2.24, 2.45) is 5.73 Å². The van der Waals surface area contributed by atoms with Gasteiger partial charge in [0.2, 0.25) is 5.91 Å². The van der Waals surface area contributed by atoms with E-state index < -0.39 is 18.0 Å². The molecule has 1 unspecified atom stereocenters. The van der Waals surface area contributed by atoms with Crippen molar-refractivity contribution >= 4 is 34.8 Å². The standard InChI is InChI=1S/C13H18N4O2S/c1-8(12(18)16-13(19)15-2)17(3)10-6-4-5-9(7-10)11(14)20/h4-8H,1-3H3,(H2,14,20)(H2,15,16,18,19). The van der Waals surface area contributed by atoms with E-state index in [0.717, 1.165) is 11.3 Å². The van der Waals surface area contributed by atoms with Gasteiger partial charge in [0.15, 0.2) is 0 Å². The fraction of sp³-hybridized carbons (Fsp3) is 0.308. The number of hydrogen-bond donors (Lipinski definition) is 3. The summed E-state index contributed by atoms with van der Waals surface area (Å²) in [6, 6.07) is 6.19. The van der Waals surface area contributed by atoms with Gasteiger partial charge in [-0.1, -0.05) is 24.4 Å². The van der Waals surface area contributed by atoms with Crippen LogP contribution >= 0.6 is 12.2 Å². The van der Waals surface area contributed by atoms with Crippen LogP contribution in [0.3, 0.4) is 0 Å². The number of amides is 3. The number of nitrogens with two attached hydrogens (primary N) is 1. The van der Waals surface area contributed by atoms with Gasteiger partial charge in [-0.2, -0.15) is 0 Å². The van der Waals surface area contributed by atoms with Gasteiger partial charge >= 0.3 is 6.03 Å². The summed E-state index contributed by atoms with van der Waals surface area (Å²) in [6.07, 6.45) is 0. The fourth-order valence-electron chi connectivity index (χ4n) is 1.56. The molecular formula is C13H18N4O2S. The van der Waals surface area contributed by atoms with Crippen molar-refractivity contribution in [3.8, 4) is 0 Å². The first-order chi connectivity index (χ1) is 9.36. The third-order valence-electron chi connectivity index (χ3n) is 2.96. The Morgan fingerprint density at radius 3 is 2.60 bits per heavy atom. The van der Waals surface area contributed by atoms with Crippen molar-refractivity contribution in [2.45, 2.75) is 13.0 Å². The number of nitrogens with zero attached hydrogens (tertiary/aromatic N) is 1. The second-order valence-corrected chi connectivity index (χ2v) is 4.71. The molecule has 7 heteroatoms. The lowest BCUT2D eigenvalue weighted by Crippen LogP contribution is -2.48. The molecule has 4 N–H and O–H groups in total. The molecule has 1 atom stereocenters. The topological polar surface area (TPSA) is 87.5 Å². The molecule has 0 heterocycles. The molecule has 0 saturated carbocycles. The van der Waals surface area contributed by atoms with Crippen LogP contribution in [-0.2, 0) is 4.79 Å². The van der Waals surface area contributed by atoms with E-state index in [2.05, 4.69) is 10.6 Å². The Kier molecular flexibility index (Phi) is 5.45. The number of carbonyl (C=O) groups is 2. The molecule has 0 aliphatic heterocycles. The van der Waals surface area contributed by atoms with Gasteiger partial charge in [-0.3, -0.25) is 10.1 Å². The number of carbonyl (C=O) groups excluding carboxylic acids is 2. The minimum absolute atomic E-state index is 0.294. The van der Waals surface area contributed by atoms with E-state index in [1.54, 1.807) is 31.0 Å². The van der Waals surface area contributed by atoms with Gasteiger partial charge < -0.3 is 16.0 Å². The Morgan fingerprint density at radius 1 is 1.40 bits per heavy atom. The summed E-state index contributed by atoms with van der Waals surface area (Å²) in [5, 5.41) is 4.57. The summed E-state index contributed by atoms with van der Waals surface area (Å²) in [7, 11) is 3.20. The molecule has 1 rings (SSSR count). The molecule has 3 amide bonds. The van der Waals surface area contributed by atoms with Crippen LogP contribution in [0.5, 0.6) is 0 Å². The van der Waals surface area contributed by atoms with E-state index in [4.69, 9.17) is 18.0 Å². The summed E-state index contributed by atoms with van der Waals surface area (Å²) in [5.74, 6) is -0.396. The first kappa shape index (κ1) is 15.9. The predicted octanol–water partition coefficient (Wildman–Crippen LogP) is 0.601. The Labute approximate surface area is 123 Å². The quantitative estimate of drug-likeness (QED) is 0.708. The van der Waals surface area contributed by atoms with Gasteiger partial charge in [-0.05, 0) is 19.1 Å². The zero-order valence-electron chi connectivity index (χ0n) is 11.6. The highest BCUT2D eigenvalue weighted by molar-refractivity contribution is 7.80. The number of likely N-dealkylation sites (N-methyl/N-ethyl adjacent to an activating group) is 1. The Hall–Kier alpha value is -2.15. The SMILES string of the molecule is CNC(=O)NC(=O)C(C)N(C)c1cccc(C(N)=S)c1. The third kappa shape index (κ3) is 3.92. The lowest BCUT2D eigenvalue weighted by Gasteiger charge is -2.26. The van der Waals surface area contributed by atoms with Crippen LogP contribution in [0.25, 0.3) is 0 Å². The number of nitrogens with one attached hydrogen (secondary N) is 2. The molecule has 1 aromatic carbocycles. The number of imide groups is 1. The van der Waals surface area contributed by atoms with Crippen molar-refractivity contribution in [2.75, 3.05) is 19.0 Å². The zero-order chi connectivity index (χ0) is 15.3. The summed E-state index contributed by atoms with van der Waals surface area (Å²) in [6.45, 7) is 1.70. The third-order valence-corrected chi connectivity index (χ3v) is 3.20. The molecule has 0 aliphatic rings. The molecule has 1 aromatic rings. The molecule has 0 aromatic heterocycles. The average Bonchev–Trinajstić information content (AvgIpc) is 2.45. The molecule has 20 heavy (non-hydrogen) atoms. The van der Waals surface area contributed by atoms with Crippen molar-refractivity contribution in [1.82, 2.24) is 10.6 Å². The molecule has 0 spiro atoms. The average molecular weight is 294 g/mol. The van der Waals surface area contributed by atoms with Gasteiger partial charge in [0.25, 0.3) is 0 Å². The number of thiocarbonyl (C=S) groups is 1. The monoisotopic (exact) mass is 294 g/mol. The van der Waals surface area contributed by atoms with Crippen molar-refractivity contribution in [3.63, 3.8) is 0 Å². The predicted molar refractivity (Wildman–Crippen MR) is 82.8 cm³/mol. The van der Waals surface area contributed by atoms with Crippen LogP contribution in [0.1, 0.15) is 12.5 Å². The Bertz CT molecular complexity index is 533. The maximum atomic E-state index is 11.9. The van der Waals surface area contributed by atoms with Crippen LogP contribution in [-0.4, -0.2) is 37.1 Å². The molecule has 0 bridgehead atoms. The van der Waals surface area contributed by atoms with Crippen LogP contribution in [0.15, 0.2) is 24.3 Å². The Balaban J connectivity index is 2.85. The largest absolute Gasteiger partial charge is 0.389 e. The highest BCUT2D eigenvalue weighted by atomic mass is 32.1. The summed E-state index contributed by atoms with van der Waals surface area (Å²) >= 11 is 4.93. The second kappa shape index (κ2) is 6.85. The zero-order valence-corrected chi connectivity index (χ0v) is 12.5. The lowest BCUT2D eigenvalue weighted by molar-refractivity contribution is -0.120. The highest BCUT2D eigenvalue weighted by Gasteiger charge is 2.20. The van der Waals surface area contributed by atoms with Gasteiger partial charge in [-0.15, -0.1) is 0 Å². The molecule has 108 valence electrons. The minimum Gasteiger partial charge on any atom is -0.389 e. The molecule has 0 radical (unpaired) electrons. The van der Waals surface area contributed by atoms with Gasteiger partial charge in [-0.25, -0.2) is 4.79 Å². The van der Waals surface area contributed by atoms with Crippen molar-refractivity contribution in [1.29, 1.82) is 0 Å². The maximum Gasteiger partial charge on any atom is 0.321 e. The van der Waals surface area contributed by atoms with Crippen LogP contribution < -0.4 is 21.3 Å². The van der Waals surface area contributed by atoms with E-state index in [1.807, 2.05) is 12.1 Å². The minimum atomic E-state index is -0.535. The van der Waals surface area contributed by atoms with E-state index in [-0.39, 0.29) is 0 Å². The molecule has 0 fully saturated rings. The van der Waals surface area contributed by atoms with E-state index in [9.17, 15) is 9.59 Å². The van der Waals surface area contributed by atoms with E-state index >= 15 is 0 Å². The molecular weight excluding hydrogens is 276 g/mol. The maximum absolute atomic E-state index is 11.9. The van der Waals surface area contributed by atoms with Gasteiger partial charge in [0, 0.05) is 25.3 Å². The molecule has 0 aliphatic carbocycles. The Morgan fingerprint density at radius 2 is 2.05 bits per heavy atom. The number of rotatable bonds is 4.